The number of aryl methyl sites for hydroxylation is 1. The number of amides is 2. The molecule has 1 unspecified atom stereocenters. The molecular formula is C14H18N2O5. The highest BCUT2D eigenvalue weighted by Gasteiger charge is 2.17. The first-order valence-electron chi connectivity index (χ1n) is 6.65. The normalized spacial score (nSPS) is 18.0. The zero-order valence-electron chi connectivity index (χ0n) is 11.7. The van der Waals surface area contributed by atoms with Crippen molar-refractivity contribution in [3.05, 3.63) is 29.3 Å². The van der Waals surface area contributed by atoms with Crippen LogP contribution in [-0.2, 0) is 9.47 Å². The Morgan fingerprint density at radius 2 is 2.19 bits per heavy atom. The molecule has 7 nitrogen and oxygen atoms in total. The van der Waals surface area contributed by atoms with Gasteiger partial charge in [-0.2, -0.15) is 0 Å². The Hall–Kier alpha value is -2.12. The maximum atomic E-state index is 11.9. The molecule has 1 aromatic carbocycles. The SMILES string of the molecule is Cc1cccc(C(=O)O)c1NC(=O)NCC1COCCO1. The molecule has 0 spiro atoms. The van der Waals surface area contributed by atoms with Crippen molar-refractivity contribution >= 4 is 17.7 Å². The highest BCUT2D eigenvalue weighted by atomic mass is 16.6. The van der Waals surface area contributed by atoms with Crippen molar-refractivity contribution in [3.8, 4) is 0 Å². The van der Waals surface area contributed by atoms with Crippen LogP contribution in [0.25, 0.3) is 0 Å². The molecule has 2 amide bonds. The van der Waals surface area contributed by atoms with Crippen LogP contribution in [0, 0.1) is 6.92 Å². The number of carboxylic acid groups (broad SMARTS) is 1. The summed E-state index contributed by atoms with van der Waals surface area (Å²) in [6.07, 6.45) is -0.180. The van der Waals surface area contributed by atoms with E-state index >= 15 is 0 Å². The molecule has 1 fully saturated rings. The third kappa shape index (κ3) is 4.17. The van der Waals surface area contributed by atoms with Gasteiger partial charge >= 0.3 is 12.0 Å². The zero-order chi connectivity index (χ0) is 15.2. The lowest BCUT2D eigenvalue weighted by Crippen LogP contribution is -2.41. The summed E-state index contributed by atoms with van der Waals surface area (Å²) in [6.45, 7) is 3.55. The molecule has 114 valence electrons. The van der Waals surface area contributed by atoms with Crippen molar-refractivity contribution in [2.24, 2.45) is 0 Å². The Labute approximate surface area is 122 Å². The maximum Gasteiger partial charge on any atom is 0.337 e. The number of nitrogens with one attached hydrogen (secondary N) is 2. The van der Waals surface area contributed by atoms with Gasteiger partial charge in [-0.15, -0.1) is 0 Å². The molecule has 1 atom stereocenters. The number of ether oxygens (including phenoxy) is 2. The van der Waals surface area contributed by atoms with Crippen molar-refractivity contribution in [2.75, 3.05) is 31.7 Å². The fourth-order valence-electron chi connectivity index (χ4n) is 2.03. The highest BCUT2D eigenvalue weighted by Crippen LogP contribution is 2.20. The van der Waals surface area contributed by atoms with Crippen LogP contribution in [0.3, 0.4) is 0 Å². The van der Waals surface area contributed by atoms with Crippen LogP contribution in [0.4, 0.5) is 10.5 Å². The number of urea groups is 1. The molecule has 7 heteroatoms. The van der Waals surface area contributed by atoms with E-state index in [0.717, 1.165) is 0 Å². The molecule has 1 aromatic rings. The number of hydrogen-bond donors (Lipinski definition) is 3. The predicted octanol–water partition coefficient (Wildman–Crippen LogP) is 1.23. The van der Waals surface area contributed by atoms with Gasteiger partial charge in [0.1, 0.15) is 0 Å². The summed E-state index contributed by atoms with van der Waals surface area (Å²) in [5.41, 5.74) is 1.04. The second kappa shape index (κ2) is 7.05. The monoisotopic (exact) mass is 294 g/mol. The van der Waals surface area contributed by atoms with Crippen molar-refractivity contribution in [1.82, 2.24) is 5.32 Å². The van der Waals surface area contributed by atoms with Crippen LogP contribution in [-0.4, -0.2) is 49.6 Å². The third-order valence-corrected chi connectivity index (χ3v) is 3.12. The van der Waals surface area contributed by atoms with Crippen molar-refractivity contribution < 1.29 is 24.2 Å². The van der Waals surface area contributed by atoms with E-state index in [2.05, 4.69) is 10.6 Å². The first-order valence-corrected chi connectivity index (χ1v) is 6.65. The lowest BCUT2D eigenvalue weighted by Gasteiger charge is -2.23. The molecule has 0 aromatic heterocycles. The van der Waals surface area contributed by atoms with Gasteiger partial charge in [0.15, 0.2) is 0 Å². The topological polar surface area (TPSA) is 96.9 Å². The number of carboxylic acids is 1. The standard InChI is InChI=1S/C14H18N2O5/c1-9-3-2-4-11(13(17)18)12(9)16-14(19)15-7-10-8-20-5-6-21-10/h2-4,10H,5-8H2,1H3,(H,17,18)(H2,15,16,19). The van der Waals surface area contributed by atoms with E-state index in [4.69, 9.17) is 14.6 Å². The van der Waals surface area contributed by atoms with Gasteiger partial charge in [-0.25, -0.2) is 9.59 Å². The van der Waals surface area contributed by atoms with Crippen LogP contribution < -0.4 is 10.6 Å². The van der Waals surface area contributed by atoms with Gasteiger partial charge in [0.05, 0.1) is 37.2 Å². The van der Waals surface area contributed by atoms with Gasteiger partial charge < -0.3 is 25.2 Å². The zero-order valence-corrected chi connectivity index (χ0v) is 11.7. The Balaban J connectivity index is 1.94. The lowest BCUT2D eigenvalue weighted by atomic mass is 10.1. The van der Waals surface area contributed by atoms with E-state index in [9.17, 15) is 9.59 Å². The molecule has 0 saturated carbocycles. The predicted molar refractivity (Wildman–Crippen MR) is 75.7 cm³/mol. The van der Waals surface area contributed by atoms with Gasteiger partial charge in [0.2, 0.25) is 0 Å². The number of carbonyl (C=O) groups excluding carboxylic acids is 1. The second-order valence-corrected chi connectivity index (χ2v) is 4.71. The summed E-state index contributed by atoms with van der Waals surface area (Å²) in [5.74, 6) is -1.09. The molecule has 1 heterocycles. The average molecular weight is 294 g/mol. The quantitative estimate of drug-likeness (QED) is 0.776. The Bertz CT molecular complexity index is 526. The number of carbonyl (C=O) groups is 2. The van der Waals surface area contributed by atoms with Gasteiger partial charge in [-0.3, -0.25) is 0 Å². The molecular weight excluding hydrogens is 276 g/mol. The number of aromatic carboxylic acids is 1. The lowest BCUT2D eigenvalue weighted by molar-refractivity contribution is -0.0852. The second-order valence-electron chi connectivity index (χ2n) is 4.71. The minimum atomic E-state index is -1.09. The highest BCUT2D eigenvalue weighted by molar-refractivity contribution is 6.00. The summed E-state index contributed by atoms with van der Waals surface area (Å²) >= 11 is 0. The molecule has 1 aliphatic heterocycles. The van der Waals surface area contributed by atoms with Crippen molar-refractivity contribution in [3.63, 3.8) is 0 Å². The molecule has 0 bridgehead atoms. The summed E-state index contributed by atoms with van der Waals surface area (Å²) in [4.78, 5) is 23.0. The van der Waals surface area contributed by atoms with Crippen LogP contribution in [0.2, 0.25) is 0 Å². The van der Waals surface area contributed by atoms with E-state index < -0.39 is 12.0 Å². The van der Waals surface area contributed by atoms with Crippen molar-refractivity contribution in [2.45, 2.75) is 13.0 Å². The summed E-state index contributed by atoms with van der Waals surface area (Å²) in [7, 11) is 0. The van der Waals surface area contributed by atoms with Gasteiger partial charge in [0, 0.05) is 6.54 Å². The molecule has 1 aliphatic rings. The van der Waals surface area contributed by atoms with E-state index in [1.54, 1.807) is 19.1 Å². The minimum absolute atomic E-state index is 0.0578. The van der Waals surface area contributed by atoms with Crippen LogP contribution in [0.1, 0.15) is 15.9 Å². The molecule has 21 heavy (non-hydrogen) atoms. The smallest absolute Gasteiger partial charge is 0.337 e. The van der Waals surface area contributed by atoms with E-state index in [0.29, 0.717) is 37.6 Å². The minimum Gasteiger partial charge on any atom is -0.478 e. The van der Waals surface area contributed by atoms with E-state index in [1.807, 2.05) is 0 Å². The first kappa shape index (κ1) is 15.3. The summed E-state index contributed by atoms with van der Waals surface area (Å²) in [5, 5.41) is 14.3. The van der Waals surface area contributed by atoms with E-state index in [-0.39, 0.29) is 11.7 Å². The van der Waals surface area contributed by atoms with Crippen LogP contribution in [0.5, 0.6) is 0 Å². The van der Waals surface area contributed by atoms with Crippen LogP contribution in [0.15, 0.2) is 18.2 Å². The Morgan fingerprint density at radius 1 is 1.38 bits per heavy atom. The number of rotatable bonds is 4. The number of para-hydroxylation sites is 1. The van der Waals surface area contributed by atoms with Crippen molar-refractivity contribution in [1.29, 1.82) is 0 Å². The molecule has 0 radical (unpaired) electrons. The number of benzene rings is 1. The fraction of sp³-hybridized carbons (Fsp3) is 0.429. The molecule has 2 rings (SSSR count). The van der Waals surface area contributed by atoms with Gasteiger partial charge in [0.25, 0.3) is 0 Å². The maximum absolute atomic E-state index is 11.9. The molecule has 0 aliphatic carbocycles. The Kier molecular flexibility index (Phi) is 5.13. The fourth-order valence-corrected chi connectivity index (χ4v) is 2.03. The van der Waals surface area contributed by atoms with Gasteiger partial charge in [-0.1, -0.05) is 12.1 Å². The summed E-state index contributed by atoms with van der Waals surface area (Å²) < 4.78 is 10.6. The number of anilines is 1. The van der Waals surface area contributed by atoms with Crippen LogP contribution >= 0.6 is 0 Å². The van der Waals surface area contributed by atoms with E-state index in [1.165, 1.54) is 6.07 Å². The Morgan fingerprint density at radius 3 is 2.86 bits per heavy atom. The first-order chi connectivity index (χ1) is 10.1. The molecule has 3 N–H and O–H groups in total. The van der Waals surface area contributed by atoms with Gasteiger partial charge in [-0.05, 0) is 18.6 Å². The summed E-state index contributed by atoms with van der Waals surface area (Å²) in [6, 6.07) is 4.35. The largest absolute Gasteiger partial charge is 0.478 e. The average Bonchev–Trinajstić information content (AvgIpc) is 2.48. The third-order valence-electron chi connectivity index (χ3n) is 3.12. The number of hydrogen-bond acceptors (Lipinski definition) is 4. The molecule has 1 saturated heterocycles.